The first kappa shape index (κ1) is 66.3. The molecule has 0 bridgehead atoms. The number of nitrogens with zero attached hydrogens (tertiary/aromatic N) is 3. The SMILES string of the molecule is O=C(NC(CCCNC(=O)c1c(OCc2ccccc2)c(=O)ccn1CC(O)CO)(CCCNC(=O)c1c(OCc2ccccc2)c(=O)ccn1CC(O)CO)CCCNC(=O)c1c(OCc2ccccc2)c(=O)ccn1CC(O)CO)c1ccccc1. The first-order valence-electron chi connectivity index (χ1n) is 28.9. The Hall–Kier alpha value is -9.23. The number of aromatic nitrogens is 3. The predicted molar refractivity (Wildman–Crippen MR) is 325 cm³/mol. The maximum atomic E-state index is 14.4. The predicted octanol–water partition coefficient (Wildman–Crippen LogP) is 3.07. The first-order chi connectivity index (χ1) is 42.6. The number of aliphatic hydroxyl groups excluding tert-OH is 6. The van der Waals surface area contributed by atoms with E-state index in [1.807, 2.05) is 18.2 Å². The molecule has 3 aromatic heterocycles. The molecule has 10 N–H and O–H groups in total. The minimum absolute atomic E-state index is 0.0486. The molecule has 0 aliphatic carbocycles. The van der Waals surface area contributed by atoms with Crippen molar-refractivity contribution < 1.29 is 64.0 Å². The molecule has 3 heterocycles. The first-order valence-corrected chi connectivity index (χ1v) is 28.9. The molecular formula is C65H75N7O16. The fraction of sp³-hybridized carbons (Fsp3) is 0.338. The van der Waals surface area contributed by atoms with E-state index >= 15 is 0 Å². The van der Waals surface area contributed by atoms with Crippen LogP contribution in [0.3, 0.4) is 0 Å². The molecule has 466 valence electrons. The van der Waals surface area contributed by atoms with Crippen molar-refractivity contribution in [2.75, 3.05) is 39.5 Å². The van der Waals surface area contributed by atoms with E-state index in [-0.39, 0.29) is 132 Å². The van der Waals surface area contributed by atoms with Gasteiger partial charge in [-0.05, 0) is 67.3 Å². The summed E-state index contributed by atoms with van der Waals surface area (Å²) in [5.74, 6) is -3.58. The fourth-order valence-corrected chi connectivity index (χ4v) is 9.89. The van der Waals surface area contributed by atoms with E-state index in [1.165, 1.54) is 50.5 Å². The maximum absolute atomic E-state index is 14.4. The molecule has 0 aliphatic heterocycles. The molecule has 3 unspecified atom stereocenters. The van der Waals surface area contributed by atoms with Crippen LogP contribution in [0.4, 0.5) is 0 Å². The second-order valence-electron chi connectivity index (χ2n) is 21.0. The molecule has 88 heavy (non-hydrogen) atoms. The van der Waals surface area contributed by atoms with Gasteiger partial charge in [-0.2, -0.15) is 0 Å². The number of hydrogen-bond acceptors (Lipinski definition) is 16. The number of carbonyl (C=O) groups is 4. The normalized spacial score (nSPS) is 12.8. The summed E-state index contributed by atoms with van der Waals surface area (Å²) in [4.78, 5) is 97.7. The highest BCUT2D eigenvalue weighted by molar-refractivity contribution is 5.97. The molecule has 0 saturated heterocycles. The molecule has 0 aliphatic rings. The fourth-order valence-electron chi connectivity index (χ4n) is 9.89. The van der Waals surface area contributed by atoms with Gasteiger partial charge >= 0.3 is 0 Å². The average molecular weight is 1210 g/mol. The quantitative estimate of drug-likeness (QED) is 0.0255. The van der Waals surface area contributed by atoms with Gasteiger partial charge in [-0.1, -0.05) is 109 Å². The van der Waals surface area contributed by atoms with Gasteiger partial charge < -0.3 is 79.8 Å². The number of pyridine rings is 3. The number of benzene rings is 4. The third-order valence-electron chi connectivity index (χ3n) is 14.3. The molecule has 23 heteroatoms. The number of rotatable bonds is 35. The van der Waals surface area contributed by atoms with Gasteiger partial charge in [0.1, 0.15) is 19.8 Å². The minimum atomic E-state index is -1.31. The van der Waals surface area contributed by atoms with Crippen LogP contribution in [0.25, 0.3) is 0 Å². The van der Waals surface area contributed by atoms with Crippen LogP contribution in [-0.4, -0.2) is 131 Å². The molecule has 0 fully saturated rings. The lowest BCUT2D eigenvalue weighted by Crippen LogP contribution is -2.50. The number of aliphatic hydroxyl groups is 6. The smallest absolute Gasteiger partial charge is 0.271 e. The van der Waals surface area contributed by atoms with Crippen LogP contribution < -0.4 is 51.8 Å². The van der Waals surface area contributed by atoms with Crippen molar-refractivity contribution in [3.05, 3.63) is 228 Å². The van der Waals surface area contributed by atoms with E-state index in [1.54, 1.807) is 103 Å². The van der Waals surface area contributed by atoms with Crippen LogP contribution in [0.15, 0.2) is 173 Å². The molecule has 7 rings (SSSR count). The van der Waals surface area contributed by atoms with Crippen molar-refractivity contribution in [3.63, 3.8) is 0 Å². The Morgan fingerprint density at radius 3 is 0.977 bits per heavy atom. The van der Waals surface area contributed by atoms with E-state index in [0.717, 1.165) is 0 Å². The molecule has 3 atom stereocenters. The number of amides is 4. The summed E-state index contributed by atoms with van der Waals surface area (Å²) in [6, 6.07) is 38.8. The van der Waals surface area contributed by atoms with Gasteiger partial charge in [-0.25, -0.2) is 0 Å². The van der Waals surface area contributed by atoms with E-state index in [2.05, 4.69) is 21.3 Å². The van der Waals surface area contributed by atoms with Gasteiger partial charge in [-0.3, -0.25) is 33.6 Å². The molecule has 23 nitrogen and oxygen atoms in total. The summed E-state index contributed by atoms with van der Waals surface area (Å²) in [5.41, 5.74) is -1.22. The Morgan fingerprint density at radius 1 is 0.409 bits per heavy atom. The largest absolute Gasteiger partial charge is 0.483 e. The van der Waals surface area contributed by atoms with E-state index < -0.39 is 83.6 Å². The summed E-state index contributed by atoms with van der Waals surface area (Å²) in [5, 5.41) is 72.6. The summed E-state index contributed by atoms with van der Waals surface area (Å²) < 4.78 is 21.9. The molecule has 0 radical (unpaired) electrons. The van der Waals surface area contributed by atoms with Crippen molar-refractivity contribution in [1.29, 1.82) is 0 Å². The number of ether oxygens (including phenoxy) is 3. The second-order valence-corrected chi connectivity index (χ2v) is 21.0. The standard InChI is InChI=1S/C65H75N7O16/c73-39-49(76)36-70-33-24-52(79)58(86-42-45-16-5-1-6-17-45)55(70)62(83)66-30-13-27-65(69-61(82)48-22-11-4-12-23-48,28-14-31-67-63(84)56-59(87-43-46-18-7-2-8-19-46)53(80)25-34-71(56)37-50(77)40-74)29-15-32-68-64(85)57-60(88-44-47-20-9-3-10-21-47)54(81)26-35-72(57)38-51(78)41-75/h1-12,16-26,33-35,49-51,73-78H,13-15,27-32,36-44H2,(H,66,83)(H,67,84)(H,68,85)(H,69,82). The molecule has 0 spiro atoms. The number of nitrogens with one attached hydrogen (secondary N) is 4. The van der Waals surface area contributed by atoms with Crippen molar-refractivity contribution in [3.8, 4) is 17.2 Å². The molecular weight excluding hydrogens is 1130 g/mol. The summed E-state index contributed by atoms with van der Waals surface area (Å²) in [6.07, 6.45) is 1.000. The van der Waals surface area contributed by atoms with Crippen molar-refractivity contribution >= 4 is 23.6 Å². The summed E-state index contributed by atoms with van der Waals surface area (Å²) in [6.45, 7) is -3.11. The Labute approximate surface area is 507 Å². The van der Waals surface area contributed by atoms with Crippen LogP contribution in [0.1, 0.15) is 97.0 Å². The lowest BCUT2D eigenvalue weighted by atomic mass is 9.83. The Morgan fingerprint density at radius 2 is 0.693 bits per heavy atom. The van der Waals surface area contributed by atoms with Crippen molar-refractivity contribution in [2.45, 2.75) is 102 Å². The van der Waals surface area contributed by atoms with Crippen LogP contribution in [0, 0.1) is 0 Å². The zero-order valence-electron chi connectivity index (χ0n) is 48.6. The van der Waals surface area contributed by atoms with Crippen molar-refractivity contribution in [1.82, 2.24) is 35.0 Å². The third-order valence-corrected chi connectivity index (χ3v) is 14.3. The molecule has 4 amide bonds. The Balaban J connectivity index is 1.17. The lowest BCUT2D eigenvalue weighted by Gasteiger charge is -2.36. The molecule has 0 saturated carbocycles. The number of hydrogen-bond donors (Lipinski definition) is 10. The monoisotopic (exact) mass is 1210 g/mol. The zero-order chi connectivity index (χ0) is 62.8. The van der Waals surface area contributed by atoms with Gasteiger partial charge in [0, 0.05) is 67.5 Å². The highest BCUT2D eigenvalue weighted by atomic mass is 16.5. The minimum Gasteiger partial charge on any atom is -0.483 e. The van der Waals surface area contributed by atoms with Crippen molar-refractivity contribution in [2.24, 2.45) is 0 Å². The highest BCUT2D eigenvalue weighted by Gasteiger charge is 2.33. The molecule has 4 aromatic carbocycles. The van der Waals surface area contributed by atoms with Crippen LogP contribution in [-0.2, 0) is 39.5 Å². The van der Waals surface area contributed by atoms with Crippen LogP contribution >= 0.6 is 0 Å². The van der Waals surface area contributed by atoms with E-state index in [4.69, 9.17) is 14.2 Å². The average Bonchev–Trinajstić information content (AvgIpc) is 1.62. The Bertz CT molecular complexity index is 3240. The molecule has 7 aromatic rings. The van der Waals surface area contributed by atoms with Gasteiger partial charge in [-0.15, -0.1) is 0 Å². The zero-order valence-corrected chi connectivity index (χ0v) is 48.6. The summed E-state index contributed by atoms with van der Waals surface area (Å²) in [7, 11) is 0. The van der Waals surface area contributed by atoms with Gasteiger partial charge in [0.05, 0.1) is 57.8 Å². The van der Waals surface area contributed by atoms with Crippen LogP contribution in [0.5, 0.6) is 17.2 Å². The van der Waals surface area contributed by atoms with Gasteiger partial charge in [0.2, 0.25) is 16.3 Å². The summed E-state index contributed by atoms with van der Waals surface area (Å²) >= 11 is 0. The van der Waals surface area contributed by atoms with E-state index in [9.17, 15) is 64.2 Å². The van der Waals surface area contributed by atoms with E-state index in [0.29, 0.717) is 22.3 Å². The van der Waals surface area contributed by atoms with Gasteiger partial charge in [0.15, 0.2) is 34.3 Å². The lowest BCUT2D eigenvalue weighted by molar-refractivity contribution is 0.0776. The highest BCUT2D eigenvalue weighted by Crippen LogP contribution is 2.28. The maximum Gasteiger partial charge on any atom is 0.271 e. The van der Waals surface area contributed by atoms with Crippen LogP contribution in [0.2, 0.25) is 0 Å². The number of carbonyl (C=O) groups excluding carboxylic acids is 4. The topological polar surface area (TPSA) is 331 Å². The van der Waals surface area contributed by atoms with Gasteiger partial charge in [0.25, 0.3) is 23.6 Å². The third kappa shape index (κ3) is 19.1. The second kappa shape index (κ2) is 33.6. The Kier molecular flexibility index (Phi) is 25.3.